The summed E-state index contributed by atoms with van der Waals surface area (Å²) in [6, 6.07) is 13.5. The third-order valence-corrected chi connectivity index (χ3v) is 6.03. The fourth-order valence-corrected chi connectivity index (χ4v) is 4.26. The van der Waals surface area contributed by atoms with Gasteiger partial charge in [-0.3, -0.25) is 4.98 Å². The Balaban J connectivity index is 1.34. The van der Waals surface area contributed by atoms with E-state index >= 15 is 0 Å². The molecule has 5 rings (SSSR count). The standard InChI is InChI=1S/C28H29FN6O3/c1-28(2,3)38-27(36)35-11-9-18(15-35)37-25-14-24-20(13-22(25)30)26(33-16-32-24)34-17-8-10-31-23(12-17)19-6-4-5-7-21(19)29/h4-8,10,12-14,16,18H,9,11,15,30H2,1-3H3,(H,31,32,33,34). The Bertz CT molecular complexity index is 1490. The van der Waals surface area contributed by atoms with Crippen molar-refractivity contribution in [3.05, 3.63) is 66.9 Å². The predicted octanol–water partition coefficient (Wildman–Crippen LogP) is 5.54. The van der Waals surface area contributed by atoms with Gasteiger partial charge in [-0.15, -0.1) is 0 Å². The largest absolute Gasteiger partial charge is 0.486 e. The van der Waals surface area contributed by atoms with Crippen LogP contribution in [0.4, 0.5) is 26.4 Å². The maximum atomic E-state index is 14.3. The van der Waals surface area contributed by atoms with Crippen molar-refractivity contribution >= 4 is 34.2 Å². The molecule has 1 amide bonds. The molecule has 9 nitrogen and oxygen atoms in total. The lowest BCUT2D eigenvalue weighted by Crippen LogP contribution is -2.36. The van der Waals surface area contributed by atoms with Gasteiger partial charge in [-0.2, -0.15) is 0 Å². The van der Waals surface area contributed by atoms with Crippen LogP contribution in [0.1, 0.15) is 27.2 Å². The van der Waals surface area contributed by atoms with Crippen LogP contribution in [0.25, 0.3) is 22.2 Å². The van der Waals surface area contributed by atoms with Gasteiger partial charge < -0.3 is 25.4 Å². The van der Waals surface area contributed by atoms with Crippen molar-refractivity contribution in [1.29, 1.82) is 0 Å². The summed E-state index contributed by atoms with van der Waals surface area (Å²) in [5.41, 5.74) is 8.45. The fourth-order valence-electron chi connectivity index (χ4n) is 4.26. The summed E-state index contributed by atoms with van der Waals surface area (Å²) in [5.74, 6) is 0.682. The highest BCUT2D eigenvalue weighted by Crippen LogP contribution is 2.33. The lowest BCUT2D eigenvalue weighted by atomic mass is 10.1. The van der Waals surface area contributed by atoms with Crippen LogP contribution >= 0.6 is 0 Å². The number of anilines is 3. The van der Waals surface area contributed by atoms with E-state index in [9.17, 15) is 9.18 Å². The van der Waals surface area contributed by atoms with Crippen LogP contribution < -0.4 is 15.8 Å². The average Bonchev–Trinajstić information content (AvgIpc) is 3.33. The van der Waals surface area contributed by atoms with Crippen LogP contribution in [0.15, 0.2) is 61.1 Å². The predicted molar refractivity (Wildman–Crippen MR) is 144 cm³/mol. The van der Waals surface area contributed by atoms with Gasteiger partial charge >= 0.3 is 6.09 Å². The van der Waals surface area contributed by atoms with Gasteiger partial charge in [-0.05, 0) is 51.1 Å². The third kappa shape index (κ3) is 5.59. The Hall–Kier alpha value is -4.47. The van der Waals surface area contributed by atoms with Crippen LogP contribution in [0.2, 0.25) is 0 Å². The van der Waals surface area contributed by atoms with Crippen molar-refractivity contribution in [2.45, 2.75) is 38.9 Å². The molecule has 0 radical (unpaired) electrons. The van der Waals surface area contributed by atoms with Crippen molar-refractivity contribution < 1.29 is 18.7 Å². The molecule has 2 aromatic heterocycles. The van der Waals surface area contributed by atoms with Crippen LogP contribution in [0.3, 0.4) is 0 Å². The van der Waals surface area contributed by atoms with E-state index in [1.54, 1.807) is 53.6 Å². The number of nitrogen functional groups attached to an aromatic ring is 1. The summed E-state index contributed by atoms with van der Waals surface area (Å²) in [4.78, 5) is 27.1. The number of carbonyl (C=O) groups is 1. The van der Waals surface area contributed by atoms with Crippen LogP contribution in [-0.2, 0) is 4.74 Å². The number of hydrogen-bond donors (Lipinski definition) is 2. The molecule has 3 heterocycles. The Morgan fingerprint density at radius 1 is 1.13 bits per heavy atom. The van der Waals surface area contributed by atoms with Crippen molar-refractivity contribution in [2.75, 3.05) is 24.1 Å². The molecule has 1 aliphatic rings. The first-order chi connectivity index (χ1) is 18.2. The lowest BCUT2D eigenvalue weighted by Gasteiger charge is -2.24. The smallest absolute Gasteiger partial charge is 0.410 e. The Kier molecular flexibility index (Phi) is 6.71. The number of aromatic nitrogens is 3. The summed E-state index contributed by atoms with van der Waals surface area (Å²) >= 11 is 0. The molecule has 2 aromatic carbocycles. The molecule has 0 saturated carbocycles. The van der Waals surface area contributed by atoms with E-state index in [2.05, 4.69) is 20.3 Å². The Morgan fingerprint density at radius 3 is 2.74 bits per heavy atom. The van der Waals surface area contributed by atoms with Gasteiger partial charge in [-0.1, -0.05) is 12.1 Å². The quantitative estimate of drug-likeness (QED) is 0.332. The number of hydrogen-bond acceptors (Lipinski definition) is 8. The zero-order valence-electron chi connectivity index (χ0n) is 21.4. The van der Waals surface area contributed by atoms with Gasteiger partial charge in [0.25, 0.3) is 0 Å². The first kappa shape index (κ1) is 25.2. The minimum absolute atomic E-state index is 0.213. The molecule has 0 bridgehead atoms. The number of nitrogens with one attached hydrogen (secondary N) is 1. The molecule has 1 unspecified atom stereocenters. The number of benzene rings is 2. The number of ether oxygens (including phenoxy) is 2. The van der Waals surface area contributed by atoms with Crippen LogP contribution in [0, 0.1) is 5.82 Å². The number of nitrogens with zero attached hydrogens (tertiary/aromatic N) is 4. The number of fused-ring (bicyclic) bond motifs is 1. The van der Waals surface area contributed by atoms with Gasteiger partial charge in [-0.25, -0.2) is 19.2 Å². The average molecular weight is 517 g/mol. The summed E-state index contributed by atoms with van der Waals surface area (Å²) in [6.45, 7) is 6.48. The van der Waals surface area contributed by atoms with Gasteiger partial charge in [0, 0.05) is 41.9 Å². The molecule has 38 heavy (non-hydrogen) atoms. The van der Waals surface area contributed by atoms with Crippen LogP contribution in [-0.4, -0.2) is 50.7 Å². The fraction of sp³-hybridized carbons (Fsp3) is 0.286. The molecule has 196 valence electrons. The molecule has 0 aliphatic carbocycles. The Morgan fingerprint density at radius 2 is 1.95 bits per heavy atom. The van der Waals surface area contributed by atoms with E-state index in [1.165, 1.54) is 12.4 Å². The second-order valence-corrected chi connectivity index (χ2v) is 10.1. The number of pyridine rings is 1. The van der Waals surface area contributed by atoms with Gasteiger partial charge in [0.2, 0.25) is 0 Å². The van der Waals surface area contributed by atoms with E-state index in [0.29, 0.717) is 64.6 Å². The monoisotopic (exact) mass is 516 g/mol. The van der Waals surface area contributed by atoms with Crippen molar-refractivity contribution in [2.24, 2.45) is 0 Å². The number of amides is 1. The first-order valence-corrected chi connectivity index (χ1v) is 12.3. The molecule has 4 aromatic rings. The summed E-state index contributed by atoms with van der Waals surface area (Å²) < 4.78 is 25.9. The van der Waals surface area contributed by atoms with E-state index in [-0.39, 0.29) is 18.0 Å². The van der Waals surface area contributed by atoms with Crippen molar-refractivity contribution in [3.8, 4) is 17.0 Å². The zero-order valence-corrected chi connectivity index (χ0v) is 21.4. The Labute approximate surface area is 219 Å². The first-order valence-electron chi connectivity index (χ1n) is 12.3. The SMILES string of the molecule is CC(C)(C)OC(=O)N1CCC(Oc2cc3ncnc(Nc4ccnc(-c5ccccc5F)c4)c3cc2N)C1. The molecule has 10 heteroatoms. The van der Waals surface area contributed by atoms with E-state index < -0.39 is 5.60 Å². The maximum Gasteiger partial charge on any atom is 0.410 e. The highest BCUT2D eigenvalue weighted by molar-refractivity contribution is 5.94. The summed E-state index contributed by atoms with van der Waals surface area (Å²) in [7, 11) is 0. The highest BCUT2D eigenvalue weighted by Gasteiger charge is 2.31. The van der Waals surface area contributed by atoms with Crippen molar-refractivity contribution in [1.82, 2.24) is 19.9 Å². The minimum Gasteiger partial charge on any atom is -0.486 e. The van der Waals surface area contributed by atoms with E-state index in [0.717, 1.165) is 0 Å². The molecule has 3 N–H and O–H groups in total. The summed E-state index contributed by atoms with van der Waals surface area (Å²) in [6.07, 6.45) is 3.15. The number of rotatable bonds is 5. The van der Waals surface area contributed by atoms with Gasteiger partial charge in [0.05, 0.1) is 23.4 Å². The van der Waals surface area contributed by atoms with E-state index in [1.807, 2.05) is 20.8 Å². The summed E-state index contributed by atoms with van der Waals surface area (Å²) in [5, 5.41) is 3.96. The second kappa shape index (κ2) is 10.1. The van der Waals surface area contributed by atoms with Gasteiger partial charge in [0.15, 0.2) is 0 Å². The normalized spacial score (nSPS) is 15.5. The highest BCUT2D eigenvalue weighted by atomic mass is 19.1. The zero-order chi connectivity index (χ0) is 26.9. The molecule has 1 aliphatic heterocycles. The number of halogens is 1. The number of carbonyl (C=O) groups excluding carboxylic acids is 1. The topological polar surface area (TPSA) is 115 Å². The van der Waals surface area contributed by atoms with E-state index in [4.69, 9.17) is 15.2 Å². The molecule has 0 spiro atoms. The molecular formula is C28H29FN6O3. The molecule has 1 atom stereocenters. The maximum absolute atomic E-state index is 14.3. The third-order valence-electron chi connectivity index (χ3n) is 6.03. The van der Waals surface area contributed by atoms with Gasteiger partial charge in [0.1, 0.15) is 35.4 Å². The number of nitrogens with two attached hydrogens (primary N) is 1. The second-order valence-electron chi connectivity index (χ2n) is 10.1. The molecule has 1 fully saturated rings. The molecule has 1 saturated heterocycles. The minimum atomic E-state index is -0.556. The lowest BCUT2D eigenvalue weighted by molar-refractivity contribution is 0.0276. The van der Waals surface area contributed by atoms with Crippen molar-refractivity contribution in [3.63, 3.8) is 0 Å². The molecular weight excluding hydrogens is 487 g/mol. The number of likely N-dealkylation sites (tertiary alicyclic amines) is 1. The van der Waals surface area contributed by atoms with Crippen LogP contribution in [0.5, 0.6) is 5.75 Å².